The number of nitrogens with zero attached hydrogens (tertiary/aromatic N) is 1. The number of nitrogens with one attached hydrogen (secondary N) is 1. The van der Waals surface area contributed by atoms with Crippen molar-refractivity contribution < 1.29 is 14.3 Å². The van der Waals surface area contributed by atoms with Crippen LogP contribution in [-0.2, 0) is 0 Å². The van der Waals surface area contributed by atoms with E-state index in [0.717, 1.165) is 23.8 Å². The van der Waals surface area contributed by atoms with Gasteiger partial charge < -0.3 is 14.8 Å². The summed E-state index contributed by atoms with van der Waals surface area (Å²) >= 11 is 4.30. The van der Waals surface area contributed by atoms with E-state index in [1.165, 1.54) is 6.07 Å². The number of aromatic nitrogens is 1. The molecule has 0 saturated heterocycles. The number of hydrogen-bond acceptors (Lipinski definition) is 4. The quantitative estimate of drug-likeness (QED) is 0.268. The lowest BCUT2D eigenvalue weighted by atomic mass is 10.1. The second kappa shape index (κ2) is 7.94. The van der Waals surface area contributed by atoms with Gasteiger partial charge in [0.2, 0.25) is 5.89 Å². The zero-order chi connectivity index (χ0) is 20.7. The Morgan fingerprint density at radius 2 is 1.86 bits per heavy atom. The summed E-state index contributed by atoms with van der Waals surface area (Å²) in [5.74, 6) is 0.102. The van der Waals surface area contributed by atoms with Crippen molar-refractivity contribution in [3.8, 4) is 17.2 Å². The third-order valence-electron chi connectivity index (χ3n) is 4.48. The Bertz CT molecular complexity index is 1260. The van der Waals surface area contributed by atoms with E-state index in [1.807, 2.05) is 44.2 Å². The first kappa shape index (κ1) is 20.1. The zero-order valence-corrected chi connectivity index (χ0v) is 19.9. The molecule has 0 saturated carbocycles. The van der Waals surface area contributed by atoms with E-state index in [-0.39, 0.29) is 11.7 Å². The van der Waals surface area contributed by atoms with Gasteiger partial charge in [-0.3, -0.25) is 4.79 Å². The number of fused-ring (bicyclic) bond motifs is 1. The molecule has 5 nitrogen and oxygen atoms in total. The molecule has 0 unspecified atom stereocenters. The van der Waals surface area contributed by atoms with Gasteiger partial charge in [-0.05, 0) is 107 Å². The van der Waals surface area contributed by atoms with Gasteiger partial charge in [0.25, 0.3) is 5.91 Å². The number of carbonyl (C=O) groups is 1. The van der Waals surface area contributed by atoms with Crippen LogP contribution in [0.3, 0.4) is 0 Å². The molecule has 4 rings (SSSR count). The molecule has 0 radical (unpaired) electrons. The number of aromatic hydroxyl groups is 1. The number of carbonyl (C=O) groups excluding carboxylic acids is 1. The van der Waals surface area contributed by atoms with Crippen LogP contribution in [0.4, 0.5) is 5.69 Å². The fourth-order valence-corrected chi connectivity index (χ4v) is 4.22. The van der Waals surface area contributed by atoms with E-state index in [4.69, 9.17) is 4.42 Å². The average molecular weight is 610 g/mol. The van der Waals surface area contributed by atoms with Crippen LogP contribution in [-0.4, -0.2) is 16.0 Å². The van der Waals surface area contributed by atoms with Crippen molar-refractivity contribution in [2.24, 2.45) is 0 Å². The van der Waals surface area contributed by atoms with Crippen LogP contribution in [0.2, 0.25) is 0 Å². The molecule has 1 heterocycles. The first-order chi connectivity index (χ1) is 13.8. The van der Waals surface area contributed by atoms with Gasteiger partial charge in [-0.15, -0.1) is 0 Å². The lowest BCUT2D eigenvalue weighted by Gasteiger charge is -2.09. The molecule has 146 valence electrons. The van der Waals surface area contributed by atoms with Gasteiger partial charge in [-0.1, -0.05) is 6.07 Å². The molecule has 0 aliphatic carbocycles. The van der Waals surface area contributed by atoms with E-state index in [9.17, 15) is 9.90 Å². The number of anilines is 1. The van der Waals surface area contributed by atoms with Gasteiger partial charge >= 0.3 is 0 Å². The average Bonchev–Trinajstić information content (AvgIpc) is 3.07. The highest BCUT2D eigenvalue weighted by molar-refractivity contribution is 14.1. The minimum absolute atomic E-state index is 0.0129. The van der Waals surface area contributed by atoms with Crippen LogP contribution in [0.5, 0.6) is 5.75 Å². The molecule has 1 aromatic heterocycles. The van der Waals surface area contributed by atoms with Crippen molar-refractivity contribution in [1.82, 2.24) is 4.98 Å². The maximum absolute atomic E-state index is 12.6. The number of hydrogen-bond donors (Lipinski definition) is 2. The number of rotatable bonds is 3. The van der Waals surface area contributed by atoms with Crippen molar-refractivity contribution in [3.05, 3.63) is 72.4 Å². The Hall–Kier alpha value is -2.14. The van der Waals surface area contributed by atoms with Crippen LogP contribution >= 0.6 is 45.2 Å². The normalized spacial score (nSPS) is 11.0. The number of halogens is 2. The third-order valence-corrected chi connectivity index (χ3v) is 6.09. The maximum atomic E-state index is 12.6. The molecule has 0 atom stereocenters. The van der Waals surface area contributed by atoms with Gasteiger partial charge in [0, 0.05) is 18.9 Å². The van der Waals surface area contributed by atoms with Crippen LogP contribution in [0.15, 0.2) is 52.9 Å². The molecule has 0 bridgehead atoms. The predicted octanol–water partition coefficient (Wildman–Crippen LogP) is 6.28. The van der Waals surface area contributed by atoms with Crippen molar-refractivity contribution in [2.75, 3.05) is 5.32 Å². The lowest BCUT2D eigenvalue weighted by molar-refractivity contribution is 0.102. The van der Waals surface area contributed by atoms with Crippen molar-refractivity contribution >= 4 is 67.9 Å². The predicted molar refractivity (Wildman–Crippen MR) is 130 cm³/mol. The van der Waals surface area contributed by atoms with Gasteiger partial charge in [0.1, 0.15) is 11.3 Å². The number of oxazole rings is 1. The Kier molecular flexibility index (Phi) is 5.52. The second-order valence-corrected chi connectivity index (χ2v) is 9.17. The molecule has 3 aromatic carbocycles. The fourth-order valence-electron chi connectivity index (χ4n) is 3.15. The summed E-state index contributed by atoms with van der Waals surface area (Å²) in [6, 6.07) is 14.6. The van der Waals surface area contributed by atoms with Gasteiger partial charge in [-0.25, -0.2) is 4.98 Å². The standard InChI is InChI=1S/C22H16I2N2O3/c1-11-7-12(2)20-18(8-11)26-22(29-20)15-5-4-14(10-19(15)27)25-21(28)16-9-13(23)3-6-17(16)24/h3-10,27H,1-2H3,(H,25,28). The largest absolute Gasteiger partial charge is 0.507 e. The highest BCUT2D eigenvalue weighted by Gasteiger charge is 2.16. The minimum atomic E-state index is -0.229. The monoisotopic (exact) mass is 610 g/mol. The highest BCUT2D eigenvalue weighted by atomic mass is 127. The first-order valence-corrected chi connectivity index (χ1v) is 10.9. The molecule has 0 aliphatic rings. The maximum Gasteiger partial charge on any atom is 0.256 e. The number of phenolic OH excluding ortho intramolecular Hbond substituents is 1. The first-order valence-electron chi connectivity index (χ1n) is 8.79. The van der Waals surface area contributed by atoms with Gasteiger partial charge in [-0.2, -0.15) is 0 Å². The van der Waals surface area contributed by atoms with E-state index >= 15 is 0 Å². The summed E-state index contributed by atoms with van der Waals surface area (Å²) in [7, 11) is 0. The topological polar surface area (TPSA) is 75.4 Å². The summed E-state index contributed by atoms with van der Waals surface area (Å²) in [4.78, 5) is 17.1. The summed E-state index contributed by atoms with van der Waals surface area (Å²) in [5, 5.41) is 13.4. The van der Waals surface area contributed by atoms with E-state index in [2.05, 4.69) is 55.5 Å². The lowest BCUT2D eigenvalue weighted by Crippen LogP contribution is -2.13. The third kappa shape index (κ3) is 4.11. The molecule has 2 N–H and O–H groups in total. The van der Waals surface area contributed by atoms with Crippen molar-refractivity contribution in [3.63, 3.8) is 0 Å². The Labute approximate surface area is 194 Å². The van der Waals surface area contributed by atoms with E-state index in [0.29, 0.717) is 28.3 Å². The molecular formula is C22H16I2N2O3. The SMILES string of the molecule is Cc1cc(C)c2oc(-c3ccc(NC(=O)c4cc(I)ccc4I)cc3O)nc2c1. The number of aryl methyl sites for hydroxylation is 2. The molecule has 29 heavy (non-hydrogen) atoms. The number of phenols is 1. The van der Waals surface area contributed by atoms with Crippen LogP contribution in [0.25, 0.3) is 22.6 Å². The molecule has 0 aliphatic heterocycles. The molecule has 7 heteroatoms. The smallest absolute Gasteiger partial charge is 0.256 e. The zero-order valence-electron chi connectivity index (χ0n) is 15.6. The Balaban J connectivity index is 1.64. The van der Waals surface area contributed by atoms with E-state index < -0.39 is 0 Å². The van der Waals surface area contributed by atoms with Crippen LogP contribution < -0.4 is 5.32 Å². The fraction of sp³-hybridized carbons (Fsp3) is 0.0909. The summed E-state index contributed by atoms with van der Waals surface area (Å²) in [6.45, 7) is 3.97. The summed E-state index contributed by atoms with van der Waals surface area (Å²) in [6.07, 6.45) is 0. The molecule has 0 spiro atoms. The Morgan fingerprint density at radius 3 is 2.62 bits per heavy atom. The van der Waals surface area contributed by atoms with Crippen LogP contribution in [0.1, 0.15) is 21.5 Å². The number of amides is 1. The van der Waals surface area contributed by atoms with E-state index in [1.54, 1.807) is 12.1 Å². The van der Waals surface area contributed by atoms with Crippen LogP contribution in [0, 0.1) is 21.0 Å². The summed E-state index contributed by atoms with van der Waals surface area (Å²) < 4.78 is 7.72. The van der Waals surface area contributed by atoms with Gasteiger partial charge in [0.05, 0.1) is 11.1 Å². The summed E-state index contributed by atoms with van der Waals surface area (Å²) in [5.41, 5.74) is 5.11. The number of benzene rings is 3. The molecular weight excluding hydrogens is 594 g/mol. The van der Waals surface area contributed by atoms with Crippen molar-refractivity contribution in [2.45, 2.75) is 13.8 Å². The van der Waals surface area contributed by atoms with Gasteiger partial charge in [0.15, 0.2) is 5.58 Å². The molecule has 4 aromatic rings. The molecule has 1 amide bonds. The van der Waals surface area contributed by atoms with Crippen molar-refractivity contribution in [1.29, 1.82) is 0 Å². The molecule has 0 fully saturated rings. The second-order valence-electron chi connectivity index (χ2n) is 6.76. The highest BCUT2D eigenvalue weighted by Crippen LogP contribution is 2.34. The Morgan fingerprint density at radius 1 is 1.07 bits per heavy atom. The minimum Gasteiger partial charge on any atom is -0.507 e.